The van der Waals surface area contributed by atoms with Crippen LogP contribution in [0.2, 0.25) is 0 Å². The number of carbonyl (C=O) groups is 1. The van der Waals surface area contributed by atoms with Crippen LogP contribution in [0.5, 0.6) is 0 Å². The number of thioether (sulfide) groups is 1. The van der Waals surface area contributed by atoms with Crippen LogP contribution in [0.15, 0.2) is 9.98 Å². The number of amides is 1. The van der Waals surface area contributed by atoms with Crippen molar-refractivity contribution in [2.24, 2.45) is 21.0 Å². The average molecular weight is 279 g/mol. The number of nitrogens with two attached hydrogens (primary N) is 1. The van der Waals surface area contributed by atoms with Gasteiger partial charge in [-0.25, -0.2) is 18.5 Å². The van der Waals surface area contributed by atoms with Crippen molar-refractivity contribution in [1.29, 1.82) is 0 Å². The van der Waals surface area contributed by atoms with Crippen LogP contribution in [0.1, 0.15) is 27.2 Å². The van der Waals surface area contributed by atoms with Crippen LogP contribution >= 0.6 is 11.8 Å². The summed E-state index contributed by atoms with van der Waals surface area (Å²) in [5.41, 5.74) is 0. The molecule has 1 atom stereocenters. The topological polar surface area (TPSA) is 102 Å². The molecule has 0 bridgehead atoms. The van der Waals surface area contributed by atoms with E-state index in [0.29, 0.717) is 5.04 Å². The lowest BCUT2D eigenvalue weighted by Gasteiger charge is -2.11. The summed E-state index contributed by atoms with van der Waals surface area (Å²) >= 11 is 0.824. The van der Waals surface area contributed by atoms with Crippen molar-refractivity contribution in [2.45, 2.75) is 27.2 Å². The van der Waals surface area contributed by atoms with Crippen molar-refractivity contribution in [3.8, 4) is 0 Å². The molecule has 0 rings (SSSR count). The van der Waals surface area contributed by atoms with Gasteiger partial charge < -0.3 is 0 Å². The normalized spacial score (nSPS) is 15.8. The lowest BCUT2D eigenvalue weighted by Crippen LogP contribution is -2.23. The molecule has 0 aromatic rings. The number of hydrogen-bond donors (Lipinski definition) is 1. The quantitative estimate of drug-likeness (QED) is 0.601. The van der Waals surface area contributed by atoms with Crippen LogP contribution in [-0.4, -0.2) is 30.8 Å². The van der Waals surface area contributed by atoms with Gasteiger partial charge in [-0.05, 0) is 18.2 Å². The fourth-order valence-electron chi connectivity index (χ4n) is 0.884. The van der Waals surface area contributed by atoms with E-state index in [9.17, 15) is 13.2 Å². The smallest absolute Gasteiger partial charge is 0.261 e. The number of sulfonamides is 1. The van der Waals surface area contributed by atoms with Crippen LogP contribution in [-0.2, 0) is 14.8 Å². The first-order chi connectivity index (χ1) is 7.72. The van der Waals surface area contributed by atoms with Gasteiger partial charge in [-0.3, -0.25) is 9.79 Å². The third-order valence-corrected chi connectivity index (χ3v) is 4.60. The van der Waals surface area contributed by atoms with Crippen molar-refractivity contribution in [2.75, 3.05) is 7.05 Å². The van der Waals surface area contributed by atoms with Crippen molar-refractivity contribution >= 4 is 37.1 Å². The van der Waals surface area contributed by atoms with Gasteiger partial charge in [0.15, 0.2) is 0 Å². The minimum Gasteiger partial charge on any atom is -0.273 e. The van der Waals surface area contributed by atoms with E-state index in [1.807, 2.05) is 13.8 Å². The largest absolute Gasteiger partial charge is 0.273 e. The molecule has 17 heavy (non-hydrogen) atoms. The summed E-state index contributed by atoms with van der Waals surface area (Å²) in [4.78, 5) is 18.4. The van der Waals surface area contributed by atoms with Crippen LogP contribution in [0.25, 0.3) is 0 Å². The first-order valence-electron chi connectivity index (χ1n) is 4.98. The third kappa shape index (κ3) is 5.94. The molecule has 0 aromatic heterocycles. The van der Waals surface area contributed by atoms with E-state index in [0.717, 1.165) is 18.2 Å². The van der Waals surface area contributed by atoms with Gasteiger partial charge >= 0.3 is 0 Å². The molecule has 0 aromatic carbocycles. The highest BCUT2D eigenvalue weighted by Gasteiger charge is 2.20. The van der Waals surface area contributed by atoms with E-state index in [1.54, 1.807) is 0 Å². The molecule has 2 N–H and O–H groups in total. The maximum atomic E-state index is 11.2. The zero-order valence-electron chi connectivity index (χ0n) is 10.3. The minimum absolute atomic E-state index is 0.0256. The number of hydrogen-bond acceptors (Lipinski definition) is 5. The molecule has 0 saturated carbocycles. The van der Waals surface area contributed by atoms with E-state index in [4.69, 9.17) is 5.14 Å². The Labute approximate surface area is 106 Å². The number of aliphatic imine (C=N–C) groups is 2. The van der Waals surface area contributed by atoms with E-state index < -0.39 is 10.0 Å². The van der Waals surface area contributed by atoms with Crippen molar-refractivity contribution in [3.05, 3.63) is 0 Å². The van der Waals surface area contributed by atoms with E-state index in [2.05, 4.69) is 9.98 Å². The Morgan fingerprint density at radius 3 is 2.29 bits per heavy atom. The fourth-order valence-corrected chi connectivity index (χ4v) is 2.67. The van der Waals surface area contributed by atoms with Gasteiger partial charge in [-0.1, -0.05) is 13.8 Å². The Hall–Kier alpha value is -0.730. The molecule has 1 unspecified atom stereocenters. The van der Waals surface area contributed by atoms with Gasteiger partial charge in [0.25, 0.3) is 10.0 Å². The summed E-state index contributed by atoms with van der Waals surface area (Å²) in [5, 5.41) is 5.40. The van der Waals surface area contributed by atoms with E-state index in [-0.39, 0.29) is 16.2 Å². The summed E-state index contributed by atoms with van der Waals surface area (Å²) in [6, 6.07) is 0. The Kier molecular flexibility index (Phi) is 6.58. The van der Waals surface area contributed by atoms with Crippen molar-refractivity contribution < 1.29 is 13.2 Å². The van der Waals surface area contributed by atoms with Gasteiger partial charge in [-0.15, -0.1) is 0 Å². The average Bonchev–Trinajstić information content (AvgIpc) is 2.20. The predicted molar refractivity (Wildman–Crippen MR) is 71.6 cm³/mol. The summed E-state index contributed by atoms with van der Waals surface area (Å²) < 4.78 is 22.1. The molecule has 0 aliphatic heterocycles. The zero-order chi connectivity index (χ0) is 13.6. The summed E-state index contributed by atoms with van der Waals surface area (Å²) in [6.07, 6.45) is 0.737. The summed E-state index contributed by atoms with van der Waals surface area (Å²) in [6.45, 7) is 5.08. The second kappa shape index (κ2) is 6.87. The molecule has 0 aliphatic rings. The maximum absolute atomic E-state index is 11.2. The van der Waals surface area contributed by atoms with Gasteiger partial charge in [0.1, 0.15) is 0 Å². The monoisotopic (exact) mass is 279 g/mol. The number of nitrogens with zero attached hydrogens (tertiary/aromatic N) is 2. The van der Waals surface area contributed by atoms with E-state index >= 15 is 0 Å². The highest BCUT2D eigenvalue weighted by Crippen LogP contribution is 2.19. The fraction of sp³-hybridized carbons (Fsp3) is 0.667. The second-order valence-corrected chi connectivity index (χ2v) is 6.16. The SMILES string of the molecule is CCC(C)C(=NC(C)=O)SC(=NC)S(N)(=O)=O. The molecule has 98 valence electrons. The Bertz CT molecular complexity index is 440. The van der Waals surface area contributed by atoms with Crippen LogP contribution in [0, 0.1) is 5.92 Å². The molecular formula is C9H17N3O3S2. The molecule has 0 aliphatic carbocycles. The summed E-state index contributed by atoms with van der Waals surface area (Å²) in [5.74, 6) is -0.403. The number of rotatable bonds is 2. The Balaban J connectivity index is 5.21. The zero-order valence-corrected chi connectivity index (χ0v) is 11.9. The van der Waals surface area contributed by atoms with Crippen LogP contribution < -0.4 is 5.14 Å². The summed E-state index contributed by atoms with van der Waals surface area (Å²) in [7, 11) is -2.54. The Morgan fingerprint density at radius 1 is 1.47 bits per heavy atom. The van der Waals surface area contributed by atoms with Gasteiger partial charge in [-0.2, -0.15) is 0 Å². The predicted octanol–water partition coefficient (Wildman–Crippen LogP) is 0.985. The van der Waals surface area contributed by atoms with Crippen LogP contribution in [0.3, 0.4) is 0 Å². The van der Waals surface area contributed by atoms with Gasteiger partial charge in [0.05, 0.1) is 5.04 Å². The van der Waals surface area contributed by atoms with Gasteiger partial charge in [0.2, 0.25) is 10.3 Å². The first kappa shape index (κ1) is 16.3. The first-order valence-corrected chi connectivity index (χ1v) is 7.35. The minimum atomic E-state index is -3.87. The Morgan fingerprint density at radius 2 is 2.00 bits per heavy atom. The molecule has 0 heterocycles. The number of primary sulfonamides is 1. The molecule has 0 fully saturated rings. The molecule has 0 radical (unpaired) electrons. The molecule has 1 amide bonds. The third-order valence-electron chi connectivity index (χ3n) is 1.92. The molecular weight excluding hydrogens is 262 g/mol. The molecule has 0 spiro atoms. The lowest BCUT2D eigenvalue weighted by molar-refractivity contribution is -0.115. The molecule has 8 heteroatoms. The van der Waals surface area contributed by atoms with Crippen molar-refractivity contribution in [1.82, 2.24) is 0 Å². The molecule has 6 nitrogen and oxygen atoms in total. The molecule has 0 saturated heterocycles. The van der Waals surface area contributed by atoms with E-state index in [1.165, 1.54) is 14.0 Å². The number of carbonyl (C=O) groups excluding carboxylic acids is 1. The highest BCUT2D eigenvalue weighted by atomic mass is 32.3. The standard InChI is InChI=1S/C9H17N3O3S2/c1-5-6(2)8(12-7(3)13)16-9(11-4)17(10,14)15/h6H,5H2,1-4H3,(H2,10,14,15). The lowest BCUT2D eigenvalue weighted by atomic mass is 10.1. The maximum Gasteiger partial charge on any atom is 0.261 e. The highest BCUT2D eigenvalue weighted by molar-refractivity contribution is 8.41. The van der Waals surface area contributed by atoms with Crippen LogP contribution in [0.4, 0.5) is 0 Å². The second-order valence-electron chi connectivity index (χ2n) is 3.41. The van der Waals surface area contributed by atoms with Gasteiger partial charge in [0, 0.05) is 19.9 Å². The van der Waals surface area contributed by atoms with Crippen molar-refractivity contribution in [3.63, 3.8) is 0 Å².